The number of nitrogens with one attached hydrogen (secondary N) is 2. The SMILES string of the molecule is Cc1cc(NC(=O)C2CCNCC2)no1. The van der Waals surface area contributed by atoms with E-state index >= 15 is 0 Å². The fraction of sp³-hybridized carbons (Fsp3) is 0.600. The number of amides is 1. The van der Waals surface area contributed by atoms with E-state index in [0.29, 0.717) is 11.6 Å². The minimum atomic E-state index is 0.0461. The average molecular weight is 209 g/mol. The second kappa shape index (κ2) is 4.44. The lowest BCUT2D eigenvalue weighted by Gasteiger charge is -2.20. The number of carbonyl (C=O) groups excluding carboxylic acids is 1. The summed E-state index contributed by atoms with van der Waals surface area (Å²) in [6.07, 6.45) is 1.78. The molecule has 2 heterocycles. The largest absolute Gasteiger partial charge is 0.360 e. The summed E-state index contributed by atoms with van der Waals surface area (Å²) in [7, 11) is 0. The zero-order chi connectivity index (χ0) is 10.7. The van der Waals surface area contributed by atoms with Crippen molar-refractivity contribution in [3.8, 4) is 0 Å². The molecule has 0 aliphatic carbocycles. The van der Waals surface area contributed by atoms with Gasteiger partial charge in [-0.1, -0.05) is 5.16 Å². The van der Waals surface area contributed by atoms with Crippen molar-refractivity contribution in [2.45, 2.75) is 19.8 Å². The highest BCUT2D eigenvalue weighted by atomic mass is 16.5. The highest BCUT2D eigenvalue weighted by Crippen LogP contribution is 2.15. The molecule has 1 aliphatic heterocycles. The molecule has 0 radical (unpaired) electrons. The van der Waals surface area contributed by atoms with Gasteiger partial charge in [-0.2, -0.15) is 0 Å². The van der Waals surface area contributed by atoms with Gasteiger partial charge in [0.1, 0.15) is 5.76 Å². The fourth-order valence-corrected chi connectivity index (χ4v) is 1.74. The topological polar surface area (TPSA) is 67.2 Å². The number of anilines is 1. The number of hydrogen-bond acceptors (Lipinski definition) is 4. The monoisotopic (exact) mass is 209 g/mol. The third-order valence-electron chi connectivity index (χ3n) is 2.59. The van der Waals surface area contributed by atoms with E-state index in [9.17, 15) is 4.79 Å². The van der Waals surface area contributed by atoms with E-state index < -0.39 is 0 Å². The molecule has 0 aromatic carbocycles. The van der Waals surface area contributed by atoms with Crippen LogP contribution in [0.4, 0.5) is 5.82 Å². The third-order valence-corrected chi connectivity index (χ3v) is 2.59. The summed E-state index contributed by atoms with van der Waals surface area (Å²) in [5, 5.41) is 9.71. The maximum absolute atomic E-state index is 11.8. The van der Waals surface area contributed by atoms with Gasteiger partial charge in [0.05, 0.1) is 0 Å². The Morgan fingerprint density at radius 1 is 1.60 bits per heavy atom. The lowest BCUT2D eigenvalue weighted by Crippen LogP contribution is -2.34. The molecule has 1 aromatic heterocycles. The van der Waals surface area contributed by atoms with E-state index in [1.54, 1.807) is 13.0 Å². The Bertz CT molecular complexity index is 342. The van der Waals surface area contributed by atoms with Crippen LogP contribution >= 0.6 is 0 Å². The molecule has 5 nitrogen and oxygen atoms in total. The second-order valence-corrected chi connectivity index (χ2v) is 3.84. The van der Waals surface area contributed by atoms with Crippen LogP contribution in [-0.4, -0.2) is 24.2 Å². The van der Waals surface area contributed by atoms with Gasteiger partial charge in [-0.15, -0.1) is 0 Å². The van der Waals surface area contributed by atoms with E-state index in [4.69, 9.17) is 4.52 Å². The van der Waals surface area contributed by atoms with Crippen molar-refractivity contribution < 1.29 is 9.32 Å². The maximum Gasteiger partial charge on any atom is 0.228 e. The molecule has 2 N–H and O–H groups in total. The quantitative estimate of drug-likeness (QED) is 0.760. The summed E-state index contributed by atoms with van der Waals surface area (Å²) in [5.41, 5.74) is 0. The standard InChI is InChI=1S/C10H15N3O2/c1-7-6-9(13-15-7)12-10(14)8-2-4-11-5-3-8/h6,8,11H,2-5H2,1H3,(H,12,13,14). The van der Waals surface area contributed by atoms with E-state index in [1.165, 1.54) is 0 Å². The first-order valence-electron chi connectivity index (χ1n) is 5.20. The molecule has 2 rings (SSSR count). The Morgan fingerprint density at radius 2 is 2.33 bits per heavy atom. The number of aromatic nitrogens is 1. The number of nitrogens with zero attached hydrogens (tertiary/aromatic N) is 1. The van der Waals surface area contributed by atoms with Crippen LogP contribution in [-0.2, 0) is 4.79 Å². The van der Waals surface area contributed by atoms with Gasteiger partial charge in [0.2, 0.25) is 5.91 Å². The van der Waals surface area contributed by atoms with Crippen LogP contribution in [0.2, 0.25) is 0 Å². The second-order valence-electron chi connectivity index (χ2n) is 3.84. The number of piperidine rings is 1. The number of hydrogen-bond donors (Lipinski definition) is 2. The fourth-order valence-electron chi connectivity index (χ4n) is 1.74. The lowest BCUT2D eigenvalue weighted by atomic mass is 9.97. The van der Waals surface area contributed by atoms with Crippen LogP contribution in [0.5, 0.6) is 0 Å². The van der Waals surface area contributed by atoms with Gasteiger partial charge in [-0.25, -0.2) is 0 Å². The minimum Gasteiger partial charge on any atom is -0.360 e. The van der Waals surface area contributed by atoms with Crippen molar-refractivity contribution in [3.05, 3.63) is 11.8 Å². The molecule has 1 aromatic rings. The molecule has 0 spiro atoms. The van der Waals surface area contributed by atoms with Gasteiger partial charge in [-0.05, 0) is 32.9 Å². The van der Waals surface area contributed by atoms with Crippen molar-refractivity contribution >= 4 is 11.7 Å². The van der Waals surface area contributed by atoms with Crippen LogP contribution in [0.25, 0.3) is 0 Å². The van der Waals surface area contributed by atoms with E-state index in [2.05, 4.69) is 15.8 Å². The molecule has 0 unspecified atom stereocenters. The molecule has 1 saturated heterocycles. The van der Waals surface area contributed by atoms with Gasteiger partial charge in [0, 0.05) is 12.0 Å². The number of aryl methyl sites for hydroxylation is 1. The number of rotatable bonds is 2. The smallest absolute Gasteiger partial charge is 0.228 e. The molecule has 82 valence electrons. The van der Waals surface area contributed by atoms with Gasteiger partial charge in [0.25, 0.3) is 0 Å². The van der Waals surface area contributed by atoms with Crippen LogP contribution in [0.1, 0.15) is 18.6 Å². The molecule has 15 heavy (non-hydrogen) atoms. The summed E-state index contributed by atoms with van der Waals surface area (Å²) in [6.45, 7) is 3.62. The molecular formula is C10H15N3O2. The summed E-state index contributed by atoms with van der Waals surface area (Å²) in [4.78, 5) is 11.8. The Balaban J connectivity index is 1.91. The summed E-state index contributed by atoms with van der Waals surface area (Å²) in [5.74, 6) is 1.36. The van der Waals surface area contributed by atoms with Gasteiger partial charge < -0.3 is 15.2 Å². The molecule has 5 heteroatoms. The highest BCUT2D eigenvalue weighted by molar-refractivity contribution is 5.91. The van der Waals surface area contributed by atoms with Crippen molar-refractivity contribution in [2.24, 2.45) is 5.92 Å². The predicted octanol–water partition coefficient (Wildman–Crippen LogP) is 0.921. The summed E-state index contributed by atoms with van der Waals surface area (Å²) in [6, 6.07) is 1.72. The Hall–Kier alpha value is -1.36. The third kappa shape index (κ3) is 2.56. The Kier molecular flexibility index (Phi) is 3.01. The van der Waals surface area contributed by atoms with E-state index in [-0.39, 0.29) is 11.8 Å². The lowest BCUT2D eigenvalue weighted by molar-refractivity contribution is -0.120. The molecule has 0 atom stereocenters. The molecule has 0 bridgehead atoms. The first-order valence-corrected chi connectivity index (χ1v) is 5.20. The van der Waals surface area contributed by atoms with Crippen LogP contribution in [0.3, 0.4) is 0 Å². The van der Waals surface area contributed by atoms with Crippen molar-refractivity contribution in [2.75, 3.05) is 18.4 Å². The number of carbonyl (C=O) groups is 1. The van der Waals surface area contributed by atoms with Gasteiger partial charge in [0.15, 0.2) is 5.82 Å². The highest BCUT2D eigenvalue weighted by Gasteiger charge is 2.21. The predicted molar refractivity (Wildman–Crippen MR) is 55.5 cm³/mol. The van der Waals surface area contributed by atoms with Gasteiger partial charge in [-0.3, -0.25) is 4.79 Å². The summed E-state index contributed by atoms with van der Waals surface area (Å²) < 4.78 is 4.88. The molecule has 1 fully saturated rings. The Labute approximate surface area is 88.2 Å². The molecule has 1 aliphatic rings. The van der Waals surface area contributed by atoms with Gasteiger partial charge >= 0.3 is 0 Å². The first-order chi connectivity index (χ1) is 7.25. The normalized spacial score (nSPS) is 17.7. The van der Waals surface area contributed by atoms with Crippen molar-refractivity contribution in [1.29, 1.82) is 0 Å². The molecular weight excluding hydrogens is 194 g/mol. The van der Waals surface area contributed by atoms with E-state index in [1.807, 2.05) is 0 Å². The van der Waals surface area contributed by atoms with Crippen LogP contribution in [0.15, 0.2) is 10.6 Å². The zero-order valence-electron chi connectivity index (χ0n) is 8.75. The first kappa shape index (κ1) is 10.2. The van der Waals surface area contributed by atoms with Crippen molar-refractivity contribution in [1.82, 2.24) is 10.5 Å². The zero-order valence-corrected chi connectivity index (χ0v) is 8.75. The Morgan fingerprint density at radius 3 is 2.93 bits per heavy atom. The van der Waals surface area contributed by atoms with Crippen molar-refractivity contribution in [3.63, 3.8) is 0 Å². The minimum absolute atomic E-state index is 0.0461. The van der Waals surface area contributed by atoms with Crippen LogP contribution in [0, 0.1) is 12.8 Å². The average Bonchev–Trinajstić information content (AvgIpc) is 2.65. The molecule has 1 amide bonds. The maximum atomic E-state index is 11.8. The van der Waals surface area contributed by atoms with E-state index in [0.717, 1.165) is 25.9 Å². The molecule has 0 saturated carbocycles. The van der Waals surface area contributed by atoms with Crippen LogP contribution < -0.4 is 10.6 Å². The summed E-state index contributed by atoms with van der Waals surface area (Å²) >= 11 is 0.